The van der Waals surface area contributed by atoms with Crippen LogP contribution in [0.1, 0.15) is 37.3 Å². The zero-order chi connectivity index (χ0) is 13.9. The van der Waals surface area contributed by atoms with Crippen LogP contribution in [0.4, 0.5) is 0 Å². The maximum Gasteiger partial charge on any atom is 0.201 e. The van der Waals surface area contributed by atoms with Gasteiger partial charge in [0.15, 0.2) is 0 Å². The molecule has 3 rings (SSSR count). The standard InChI is InChI=1S/C18H18OS/c1-2-3-4-5-13-6-8-14(9-7-13)15-10-11-16-17(12-15)19-18(16)20/h6-12H,2-5H2,1H3. The third-order valence-electron chi connectivity index (χ3n) is 3.76. The maximum atomic E-state index is 5.37. The largest absolute Gasteiger partial charge is 0.444 e. The second kappa shape index (κ2) is 5.76. The molecule has 2 aromatic carbocycles. The predicted molar refractivity (Wildman–Crippen MR) is 87.4 cm³/mol. The molecule has 1 nitrogen and oxygen atoms in total. The van der Waals surface area contributed by atoms with Crippen LogP contribution in [0.15, 0.2) is 42.5 Å². The molecule has 0 atom stereocenters. The fourth-order valence-electron chi connectivity index (χ4n) is 2.51. The second-order valence-corrected chi connectivity index (χ2v) is 5.63. The van der Waals surface area contributed by atoms with E-state index in [4.69, 9.17) is 17.0 Å². The number of rotatable bonds is 5. The van der Waals surface area contributed by atoms with Crippen LogP contribution in [0.2, 0.25) is 0 Å². The van der Waals surface area contributed by atoms with Crippen molar-refractivity contribution in [1.82, 2.24) is 0 Å². The molecule has 1 aliphatic rings. The molecule has 0 spiro atoms. The lowest BCUT2D eigenvalue weighted by Crippen LogP contribution is -2.19. The van der Waals surface area contributed by atoms with Gasteiger partial charge in [-0.2, -0.15) is 0 Å². The van der Waals surface area contributed by atoms with Crippen molar-refractivity contribution in [3.63, 3.8) is 0 Å². The first kappa shape index (κ1) is 13.3. The number of aryl methyl sites for hydroxylation is 1. The van der Waals surface area contributed by atoms with Crippen molar-refractivity contribution in [1.29, 1.82) is 0 Å². The van der Waals surface area contributed by atoms with Crippen molar-refractivity contribution in [2.24, 2.45) is 0 Å². The summed E-state index contributed by atoms with van der Waals surface area (Å²) in [4.78, 5) is 0. The Hall–Kier alpha value is -1.67. The second-order valence-electron chi connectivity index (χ2n) is 5.25. The molecule has 2 aromatic rings. The monoisotopic (exact) mass is 282 g/mol. The lowest BCUT2D eigenvalue weighted by atomic mass is 9.99. The van der Waals surface area contributed by atoms with E-state index >= 15 is 0 Å². The summed E-state index contributed by atoms with van der Waals surface area (Å²) in [6.07, 6.45) is 5.04. The molecule has 0 saturated carbocycles. The zero-order valence-electron chi connectivity index (χ0n) is 11.7. The van der Waals surface area contributed by atoms with Crippen LogP contribution < -0.4 is 4.74 Å². The van der Waals surface area contributed by atoms with Crippen LogP contribution >= 0.6 is 12.2 Å². The van der Waals surface area contributed by atoms with Gasteiger partial charge in [-0.05, 0) is 53.9 Å². The number of unbranched alkanes of at least 4 members (excludes halogenated alkanes) is 2. The highest BCUT2D eigenvalue weighted by Crippen LogP contribution is 2.34. The maximum absolute atomic E-state index is 5.37. The van der Waals surface area contributed by atoms with Crippen LogP contribution in [0, 0.1) is 0 Å². The van der Waals surface area contributed by atoms with Crippen molar-refractivity contribution in [2.45, 2.75) is 32.6 Å². The molecule has 0 unspecified atom stereocenters. The first-order chi connectivity index (χ1) is 9.78. The van der Waals surface area contributed by atoms with Gasteiger partial charge in [0.25, 0.3) is 0 Å². The summed E-state index contributed by atoms with van der Waals surface area (Å²) in [5, 5.41) is 0.609. The number of hydrogen-bond acceptors (Lipinski definition) is 2. The Morgan fingerprint density at radius 2 is 1.70 bits per heavy atom. The summed E-state index contributed by atoms with van der Waals surface area (Å²) in [6, 6.07) is 15.1. The van der Waals surface area contributed by atoms with Crippen LogP contribution in [0.3, 0.4) is 0 Å². The van der Waals surface area contributed by atoms with Crippen LogP contribution in [0.25, 0.3) is 11.1 Å². The normalized spacial score (nSPS) is 12.6. The quantitative estimate of drug-likeness (QED) is 0.554. The molecular formula is C18H18OS. The molecule has 0 amide bonds. The van der Waals surface area contributed by atoms with E-state index in [-0.39, 0.29) is 0 Å². The van der Waals surface area contributed by atoms with Gasteiger partial charge in [0.05, 0.1) is 5.56 Å². The highest BCUT2D eigenvalue weighted by atomic mass is 32.1. The van der Waals surface area contributed by atoms with Gasteiger partial charge in [0, 0.05) is 0 Å². The van der Waals surface area contributed by atoms with E-state index in [2.05, 4.69) is 43.3 Å². The molecule has 2 heteroatoms. The summed E-state index contributed by atoms with van der Waals surface area (Å²) in [7, 11) is 0. The average Bonchev–Trinajstić information content (AvgIpc) is 2.47. The molecule has 20 heavy (non-hydrogen) atoms. The molecule has 1 aliphatic heterocycles. The third-order valence-corrected chi connectivity index (χ3v) is 4.06. The first-order valence-corrected chi connectivity index (χ1v) is 7.64. The van der Waals surface area contributed by atoms with Gasteiger partial charge in [-0.15, -0.1) is 0 Å². The summed E-state index contributed by atoms with van der Waals surface area (Å²) in [5.74, 6) is 0.902. The Bertz CT molecular complexity index is 628. The minimum absolute atomic E-state index is 0.609. The van der Waals surface area contributed by atoms with E-state index in [9.17, 15) is 0 Å². The summed E-state index contributed by atoms with van der Waals surface area (Å²) in [6.45, 7) is 2.24. The topological polar surface area (TPSA) is 9.23 Å². The van der Waals surface area contributed by atoms with Crippen molar-refractivity contribution >= 4 is 17.3 Å². The van der Waals surface area contributed by atoms with Gasteiger partial charge in [-0.1, -0.05) is 50.1 Å². The lowest BCUT2D eigenvalue weighted by molar-refractivity contribution is 0.523. The summed E-state index contributed by atoms with van der Waals surface area (Å²) in [5.41, 5.74) is 4.89. The van der Waals surface area contributed by atoms with E-state index in [0.29, 0.717) is 5.05 Å². The highest BCUT2D eigenvalue weighted by Gasteiger charge is 2.21. The van der Waals surface area contributed by atoms with Gasteiger partial charge in [0.2, 0.25) is 5.05 Å². The minimum Gasteiger partial charge on any atom is -0.444 e. The van der Waals surface area contributed by atoms with Crippen molar-refractivity contribution in [2.75, 3.05) is 0 Å². The zero-order valence-corrected chi connectivity index (χ0v) is 12.5. The number of hydrogen-bond donors (Lipinski definition) is 0. The number of benzene rings is 2. The first-order valence-electron chi connectivity index (χ1n) is 7.23. The van der Waals surface area contributed by atoms with Gasteiger partial charge < -0.3 is 4.74 Å². The molecule has 0 bridgehead atoms. The highest BCUT2D eigenvalue weighted by molar-refractivity contribution is 7.80. The van der Waals surface area contributed by atoms with E-state index in [1.54, 1.807) is 0 Å². The average molecular weight is 282 g/mol. The Morgan fingerprint density at radius 1 is 0.950 bits per heavy atom. The van der Waals surface area contributed by atoms with Crippen molar-refractivity contribution in [3.05, 3.63) is 53.6 Å². The molecule has 0 fully saturated rings. The summed E-state index contributed by atoms with van der Waals surface area (Å²) >= 11 is 5.04. The Morgan fingerprint density at radius 3 is 2.35 bits per heavy atom. The number of thiocarbonyl (C=S) groups is 1. The third kappa shape index (κ3) is 2.61. The Kier molecular flexibility index (Phi) is 3.83. The van der Waals surface area contributed by atoms with E-state index in [1.165, 1.54) is 42.4 Å². The van der Waals surface area contributed by atoms with Crippen LogP contribution in [0.5, 0.6) is 5.75 Å². The summed E-state index contributed by atoms with van der Waals surface area (Å²) < 4.78 is 5.37. The molecule has 0 N–H and O–H groups in total. The number of fused-ring (bicyclic) bond motifs is 1. The minimum atomic E-state index is 0.609. The molecule has 0 saturated heterocycles. The van der Waals surface area contributed by atoms with Gasteiger partial charge in [-0.25, -0.2) is 0 Å². The Labute approximate surface area is 125 Å². The van der Waals surface area contributed by atoms with Gasteiger partial charge >= 0.3 is 0 Å². The van der Waals surface area contributed by atoms with Crippen molar-refractivity contribution < 1.29 is 4.74 Å². The fourth-order valence-corrected chi connectivity index (χ4v) is 2.76. The van der Waals surface area contributed by atoms with E-state index < -0.39 is 0 Å². The van der Waals surface area contributed by atoms with Crippen LogP contribution in [-0.2, 0) is 6.42 Å². The molecule has 1 heterocycles. The smallest absolute Gasteiger partial charge is 0.201 e. The Balaban J connectivity index is 1.74. The van der Waals surface area contributed by atoms with E-state index in [0.717, 1.165) is 11.3 Å². The SMILES string of the molecule is CCCCCc1ccc(-c2ccc3c(c2)OC3=S)cc1. The molecule has 0 radical (unpaired) electrons. The molecule has 0 aromatic heterocycles. The van der Waals surface area contributed by atoms with Crippen LogP contribution in [-0.4, -0.2) is 5.05 Å². The molecule has 102 valence electrons. The molecule has 0 aliphatic carbocycles. The number of ether oxygens (including phenoxy) is 1. The van der Waals surface area contributed by atoms with Crippen molar-refractivity contribution in [3.8, 4) is 16.9 Å². The molecular weight excluding hydrogens is 264 g/mol. The van der Waals surface area contributed by atoms with Gasteiger partial charge in [0.1, 0.15) is 5.75 Å². The van der Waals surface area contributed by atoms with Gasteiger partial charge in [-0.3, -0.25) is 0 Å². The fraction of sp³-hybridized carbons (Fsp3) is 0.278. The lowest BCUT2D eigenvalue weighted by Gasteiger charge is -2.21. The predicted octanol–water partition coefficient (Wildman–Crippen LogP) is 5.15. The van der Waals surface area contributed by atoms with E-state index in [1.807, 2.05) is 6.07 Å².